The first-order chi connectivity index (χ1) is 10.5. The predicted molar refractivity (Wildman–Crippen MR) is 85.8 cm³/mol. The molecule has 1 amide bonds. The Balaban J connectivity index is 1.94. The molecule has 118 valence electrons. The Hall–Kier alpha value is -1.85. The van der Waals surface area contributed by atoms with Gasteiger partial charge in [-0.25, -0.2) is 0 Å². The van der Waals surface area contributed by atoms with Gasteiger partial charge in [-0.05, 0) is 38.7 Å². The van der Waals surface area contributed by atoms with Gasteiger partial charge in [-0.2, -0.15) is 0 Å². The van der Waals surface area contributed by atoms with Crippen molar-refractivity contribution in [1.82, 2.24) is 15.4 Å². The van der Waals surface area contributed by atoms with Crippen LogP contribution in [0.4, 0.5) is 0 Å². The van der Waals surface area contributed by atoms with E-state index in [1.165, 1.54) is 0 Å². The third-order valence-electron chi connectivity index (χ3n) is 3.39. The fourth-order valence-corrected chi connectivity index (χ4v) is 2.35. The van der Waals surface area contributed by atoms with E-state index in [0.717, 1.165) is 5.56 Å². The molecule has 2 aromatic rings. The summed E-state index contributed by atoms with van der Waals surface area (Å²) in [5.41, 5.74) is 1.75. The van der Waals surface area contributed by atoms with Crippen LogP contribution >= 0.6 is 11.6 Å². The van der Waals surface area contributed by atoms with Gasteiger partial charge in [0, 0.05) is 17.6 Å². The molecule has 0 fully saturated rings. The monoisotopic (exact) mass is 321 g/mol. The summed E-state index contributed by atoms with van der Waals surface area (Å²) in [5.74, 6) is 0.629. The van der Waals surface area contributed by atoms with Crippen molar-refractivity contribution in [3.8, 4) is 0 Å². The van der Waals surface area contributed by atoms with Crippen LogP contribution in [-0.2, 0) is 11.2 Å². The third-order valence-corrected chi connectivity index (χ3v) is 3.64. The zero-order valence-electron chi connectivity index (χ0n) is 13.0. The second kappa shape index (κ2) is 7.42. The van der Waals surface area contributed by atoms with Gasteiger partial charge in [-0.1, -0.05) is 28.9 Å². The second-order valence-corrected chi connectivity index (χ2v) is 5.88. The van der Waals surface area contributed by atoms with Crippen LogP contribution in [0, 0.1) is 6.92 Å². The molecule has 0 bridgehead atoms. The maximum atomic E-state index is 12.0. The van der Waals surface area contributed by atoms with Gasteiger partial charge in [0.1, 0.15) is 5.76 Å². The smallest absolute Gasteiger partial charge is 0.226 e. The summed E-state index contributed by atoms with van der Waals surface area (Å²) in [6, 6.07) is 9.50. The Bertz CT molecular complexity index is 623. The van der Waals surface area contributed by atoms with Crippen LogP contribution in [0.2, 0.25) is 5.02 Å². The van der Waals surface area contributed by atoms with E-state index >= 15 is 0 Å². The standard InChI is InChI=1S/C16H20ClN3O2/c1-11-8-14(19-22-11)9-16(21)18-10-15(20(2)3)12-4-6-13(17)7-5-12/h4-8,15H,9-10H2,1-3H3,(H,18,21). The molecule has 1 aromatic heterocycles. The molecule has 0 aliphatic heterocycles. The lowest BCUT2D eigenvalue weighted by atomic mass is 10.1. The molecule has 22 heavy (non-hydrogen) atoms. The van der Waals surface area contributed by atoms with Crippen molar-refractivity contribution in [1.29, 1.82) is 0 Å². The molecule has 0 aliphatic rings. The predicted octanol–water partition coefficient (Wildman–Crippen LogP) is 2.60. The Morgan fingerprint density at radius 2 is 2.05 bits per heavy atom. The van der Waals surface area contributed by atoms with Gasteiger partial charge in [0.2, 0.25) is 5.91 Å². The summed E-state index contributed by atoms with van der Waals surface area (Å²) in [5, 5.41) is 7.47. The molecule has 1 heterocycles. The minimum atomic E-state index is -0.0749. The van der Waals surface area contributed by atoms with Crippen molar-refractivity contribution in [3.63, 3.8) is 0 Å². The average molecular weight is 322 g/mol. The highest BCUT2D eigenvalue weighted by Gasteiger charge is 2.16. The first-order valence-electron chi connectivity index (χ1n) is 7.06. The van der Waals surface area contributed by atoms with Gasteiger partial charge in [0.15, 0.2) is 0 Å². The minimum absolute atomic E-state index is 0.0749. The molecule has 0 spiro atoms. The number of halogens is 1. The van der Waals surface area contributed by atoms with E-state index < -0.39 is 0 Å². The summed E-state index contributed by atoms with van der Waals surface area (Å²) >= 11 is 5.92. The van der Waals surface area contributed by atoms with Crippen molar-refractivity contribution in [2.75, 3.05) is 20.6 Å². The second-order valence-electron chi connectivity index (χ2n) is 5.44. The number of likely N-dealkylation sites (N-methyl/N-ethyl adjacent to an activating group) is 1. The fourth-order valence-electron chi connectivity index (χ4n) is 2.22. The molecule has 6 heteroatoms. The van der Waals surface area contributed by atoms with Crippen molar-refractivity contribution < 1.29 is 9.32 Å². The van der Waals surface area contributed by atoms with Crippen LogP contribution in [0.3, 0.4) is 0 Å². The van der Waals surface area contributed by atoms with E-state index in [2.05, 4.69) is 15.4 Å². The van der Waals surface area contributed by atoms with Crippen LogP contribution in [-0.4, -0.2) is 36.6 Å². The number of carbonyl (C=O) groups excluding carboxylic acids is 1. The molecule has 1 aromatic carbocycles. The van der Waals surface area contributed by atoms with Gasteiger partial charge >= 0.3 is 0 Å². The lowest BCUT2D eigenvalue weighted by Gasteiger charge is -2.25. The summed E-state index contributed by atoms with van der Waals surface area (Å²) in [7, 11) is 3.96. The van der Waals surface area contributed by atoms with Crippen LogP contribution in [0.5, 0.6) is 0 Å². The number of aryl methyl sites for hydroxylation is 1. The maximum absolute atomic E-state index is 12.0. The number of amides is 1. The quantitative estimate of drug-likeness (QED) is 0.888. The van der Waals surface area contributed by atoms with Crippen molar-refractivity contribution >= 4 is 17.5 Å². The van der Waals surface area contributed by atoms with Gasteiger partial charge in [-0.3, -0.25) is 4.79 Å². The zero-order valence-corrected chi connectivity index (χ0v) is 13.7. The molecule has 2 rings (SSSR count). The Labute approximate surface area is 135 Å². The lowest BCUT2D eigenvalue weighted by molar-refractivity contribution is -0.120. The van der Waals surface area contributed by atoms with Gasteiger partial charge in [0.25, 0.3) is 0 Å². The first kappa shape index (κ1) is 16.5. The highest BCUT2D eigenvalue weighted by atomic mass is 35.5. The van der Waals surface area contributed by atoms with E-state index in [4.69, 9.17) is 16.1 Å². The first-order valence-corrected chi connectivity index (χ1v) is 7.44. The number of rotatable bonds is 6. The van der Waals surface area contributed by atoms with E-state index in [9.17, 15) is 4.79 Å². The number of benzene rings is 1. The maximum Gasteiger partial charge on any atom is 0.226 e. The molecule has 1 unspecified atom stereocenters. The van der Waals surface area contributed by atoms with Gasteiger partial charge < -0.3 is 14.7 Å². The SMILES string of the molecule is Cc1cc(CC(=O)NCC(c2ccc(Cl)cc2)N(C)C)no1. The number of nitrogens with zero attached hydrogens (tertiary/aromatic N) is 2. The minimum Gasteiger partial charge on any atom is -0.361 e. The molecule has 1 N–H and O–H groups in total. The summed E-state index contributed by atoms with van der Waals surface area (Å²) in [6.45, 7) is 2.32. The van der Waals surface area contributed by atoms with Crippen molar-refractivity contribution in [2.24, 2.45) is 0 Å². The molecule has 1 atom stereocenters. The number of hydrogen-bond donors (Lipinski definition) is 1. The molecule has 0 aliphatic carbocycles. The summed E-state index contributed by atoms with van der Waals surface area (Å²) < 4.78 is 4.96. The highest BCUT2D eigenvalue weighted by Crippen LogP contribution is 2.19. The van der Waals surface area contributed by atoms with Crippen molar-refractivity contribution in [2.45, 2.75) is 19.4 Å². The largest absolute Gasteiger partial charge is 0.361 e. The number of nitrogens with one attached hydrogen (secondary N) is 1. The Morgan fingerprint density at radius 3 is 2.59 bits per heavy atom. The van der Waals surface area contributed by atoms with E-state index in [0.29, 0.717) is 23.0 Å². The van der Waals surface area contributed by atoms with Crippen LogP contribution < -0.4 is 5.32 Å². The fraction of sp³-hybridized carbons (Fsp3) is 0.375. The van der Waals surface area contributed by atoms with Crippen LogP contribution in [0.25, 0.3) is 0 Å². The normalized spacial score (nSPS) is 12.4. The van der Waals surface area contributed by atoms with Crippen LogP contribution in [0.1, 0.15) is 23.1 Å². The van der Waals surface area contributed by atoms with E-state index in [-0.39, 0.29) is 18.4 Å². The molecular formula is C16H20ClN3O2. The van der Waals surface area contributed by atoms with E-state index in [1.54, 1.807) is 13.0 Å². The number of carbonyl (C=O) groups is 1. The summed E-state index contributed by atoms with van der Waals surface area (Å²) in [6.07, 6.45) is 0.220. The van der Waals surface area contributed by atoms with Crippen LogP contribution in [0.15, 0.2) is 34.9 Å². The van der Waals surface area contributed by atoms with Crippen molar-refractivity contribution in [3.05, 3.63) is 52.4 Å². The molecular weight excluding hydrogens is 302 g/mol. The average Bonchev–Trinajstić information content (AvgIpc) is 2.86. The van der Waals surface area contributed by atoms with Gasteiger partial charge in [-0.15, -0.1) is 0 Å². The lowest BCUT2D eigenvalue weighted by Crippen LogP contribution is -2.35. The Morgan fingerprint density at radius 1 is 1.36 bits per heavy atom. The number of hydrogen-bond acceptors (Lipinski definition) is 4. The topological polar surface area (TPSA) is 58.4 Å². The summed E-state index contributed by atoms with van der Waals surface area (Å²) in [4.78, 5) is 14.1. The molecule has 0 saturated carbocycles. The molecule has 0 saturated heterocycles. The number of aromatic nitrogens is 1. The van der Waals surface area contributed by atoms with Gasteiger partial charge in [0.05, 0.1) is 18.2 Å². The van der Waals surface area contributed by atoms with E-state index in [1.807, 2.05) is 38.4 Å². The highest BCUT2D eigenvalue weighted by molar-refractivity contribution is 6.30. The molecule has 5 nitrogen and oxygen atoms in total. The molecule has 0 radical (unpaired) electrons. The zero-order chi connectivity index (χ0) is 16.1. The third kappa shape index (κ3) is 4.58. The Kier molecular flexibility index (Phi) is 5.57.